The third-order valence-corrected chi connectivity index (χ3v) is 1.92. The third kappa shape index (κ3) is 3.71. The number of carboxylic acid groups (broad SMARTS) is 1. The number of aromatic carboxylic acids is 1. The van der Waals surface area contributed by atoms with Crippen molar-refractivity contribution in [3.05, 3.63) is 41.2 Å². The highest BCUT2D eigenvalue weighted by Gasteiger charge is 2.09. The van der Waals surface area contributed by atoms with E-state index >= 15 is 0 Å². The Labute approximate surface area is 97.3 Å². The Kier molecular flexibility index (Phi) is 4.39. The maximum absolute atomic E-state index is 13.0. The van der Waals surface area contributed by atoms with Crippen LogP contribution in [0.4, 0.5) is 4.39 Å². The Morgan fingerprint density at radius 2 is 2.18 bits per heavy atom. The first-order valence-electron chi connectivity index (χ1n) is 4.92. The minimum absolute atomic E-state index is 0.257. The van der Waals surface area contributed by atoms with Crippen molar-refractivity contribution < 1.29 is 23.8 Å². The summed E-state index contributed by atoms with van der Waals surface area (Å²) < 4.78 is 17.7. The van der Waals surface area contributed by atoms with E-state index in [1.165, 1.54) is 12.1 Å². The van der Waals surface area contributed by atoms with Gasteiger partial charge >= 0.3 is 11.9 Å². The third-order valence-electron chi connectivity index (χ3n) is 1.92. The lowest BCUT2D eigenvalue weighted by Crippen LogP contribution is -2.01. The van der Waals surface area contributed by atoms with Gasteiger partial charge in [0.15, 0.2) is 0 Å². The lowest BCUT2D eigenvalue weighted by molar-refractivity contribution is -0.137. The number of hydrogen-bond acceptors (Lipinski definition) is 3. The fourth-order valence-corrected chi connectivity index (χ4v) is 1.17. The molecule has 17 heavy (non-hydrogen) atoms. The molecule has 1 rings (SSSR count). The Hall–Kier alpha value is -2.17. The fourth-order valence-electron chi connectivity index (χ4n) is 1.17. The molecule has 0 aromatic heterocycles. The highest BCUT2D eigenvalue weighted by Crippen LogP contribution is 2.12. The Morgan fingerprint density at radius 3 is 2.76 bits per heavy atom. The Morgan fingerprint density at radius 1 is 1.47 bits per heavy atom. The van der Waals surface area contributed by atoms with Crippen molar-refractivity contribution >= 4 is 18.0 Å². The van der Waals surface area contributed by atoms with Crippen molar-refractivity contribution in [2.45, 2.75) is 6.92 Å². The molecule has 0 radical (unpaired) electrons. The van der Waals surface area contributed by atoms with Crippen LogP contribution < -0.4 is 0 Å². The number of hydrogen-bond donors (Lipinski definition) is 1. The average Bonchev–Trinajstić information content (AvgIpc) is 2.28. The van der Waals surface area contributed by atoms with Gasteiger partial charge in [-0.25, -0.2) is 14.0 Å². The highest BCUT2D eigenvalue weighted by molar-refractivity contribution is 5.90. The number of ether oxygens (including phenoxy) is 1. The molecule has 0 spiro atoms. The van der Waals surface area contributed by atoms with E-state index in [1.807, 2.05) is 0 Å². The molecule has 0 unspecified atom stereocenters. The maximum atomic E-state index is 13.0. The summed E-state index contributed by atoms with van der Waals surface area (Å²) in [5, 5.41) is 8.70. The van der Waals surface area contributed by atoms with Crippen LogP contribution in [0.25, 0.3) is 6.08 Å². The smallest absolute Gasteiger partial charge is 0.338 e. The van der Waals surface area contributed by atoms with Crippen LogP contribution in [0, 0.1) is 5.82 Å². The number of carboxylic acids is 1. The molecule has 1 aromatic carbocycles. The van der Waals surface area contributed by atoms with Crippen LogP contribution in [-0.2, 0) is 9.53 Å². The van der Waals surface area contributed by atoms with Crippen LogP contribution >= 0.6 is 0 Å². The average molecular weight is 238 g/mol. The molecule has 0 aliphatic rings. The number of carbonyl (C=O) groups is 2. The van der Waals surface area contributed by atoms with Gasteiger partial charge in [0, 0.05) is 6.08 Å². The number of rotatable bonds is 4. The number of halogens is 1. The second-order valence-electron chi connectivity index (χ2n) is 3.13. The maximum Gasteiger partial charge on any atom is 0.338 e. The topological polar surface area (TPSA) is 63.6 Å². The lowest BCUT2D eigenvalue weighted by Gasteiger charge is -1.99. The molecule has 0 atom stereocenters. The zero-order chi connectivity index (χ0) is 12.8. The predicted octanol–water partition coefficient (Wildman–Crippen LogP) is 2.10. The van der Waals surface area contributed by atoms with Crippen LogP contribution in [0.2, 0.25) is 0 Å². The van der Waals surface area contributed by atoms with E-state index < -0.39 is 23.3 Å². The van der Waals surface area contributed by atoms with Gasteiger partial charge in [0.2, 0.25) is 0 Å². The molecular formula is C12H11FO4. The molecular weight excluding hydrogens is 227 g/mol. The molecule has 1 N–H and O–H groups in total. The molecule has 0 saturated heterocycles. The summed E-state index contributed by atoms with van der Waals surface area (Å²) in [4.78, 5) is 21.7. The van der Waals surface area contributed by atoms with Gasteiger partial charge < -0.3 is 9.84 Å². The first-order valence-corrected chi connectivity index (χ1v) is 4.92. The van der Waals surface area contributed by atoms with Crippen molar-refractivity contribution in [2.75, 3.05) is 6.61 Å². The van der Waals surface area contributed by atoms with Crippen molar-refractivity contribution in [2.24, 2.45) is 0 Å². The zero-order valence-corrected chi connectivity index (χ0v) is 9.14. The first-order chi connectivity index (χ1) is 8.04. The summed E-state index contributed by atoms with van der Waals surface area (Å²) in [6.07, 6.45) is 2.52. The normalized spacial score (nSPS) is 10.5. The zero-order valence-electron chi connectivity index (χ0n) is 9.14. The monoisotopic (exact) mass is 238 g/mol. The summed E-state index contributed by atoms with van der Waals surface area (Å²) in [7, 11) is 0. The molecule has 1 aromatic rings. The molecule has 0 amide bonds. The fraction of sp³-hybridized carbons (Fsp3) is 0.167. The second-order valence-corrected chi connectivity index (χ2v) is 3.13. The van der Waals surface area contributed by atoms with E-state index in [2.05, 4.69) is 4.74 Å². The number of esters is 1. The van der Waals surface area contributed by atoms with Gasteiger partial charge in [-0.05, 0) is 30.7 Å². The summed E-state index contributed by atoms with van der Waals surface area (Å²) in [6.45, 7) is 1.93. The van der Waals surface area contributed by atoms with Gasteiger partial charge in [0.05, 0.1) is 12.2 Å². The molecule has 0 fully saturated rings. The van der Waals surface area contributed by atoms with Crippen LogP contribution in [-0.4, -0.2) is 23.7 Å². The van der Waals surface area contributed by atoms with E-state index in [0.29, 0.717) is 5.56 Å². The molecule has 4 nitrogen and oxygen atoms in total. The Bertz CT molecular complexity index is 466. The van der Waals surface area contributed by atoms with Crippen LogP contribution in [0.1, 0.15) is 22.8 Å². The summed E-state index contributed by atoms with van der Waals surface area (Å²) in [5.74, 6) is -2.70. The van der Waals surface area contributed by atoms with Crippen LogP contribution in [0.15, 0.2) is 24.3 Å². The van der Waals surface area contributed by atoms with Gasteiger partial charge in [0.25, 0.3) is 0 Å². The summed E-state index contributed by atoms with van der Waals surface area (Å²) >= 11 is 0. The summed E-state index contributed by atoms with van der Waals surface area (Å²) in [5.41, 5.74) is -0.0205. The molecule has 0 saturated carbocycles. The minimum Gasteiger partial charge on any atom is -0.478 e. The quantitative estimate of drug-likeness (QED) is 0.644. The Balaban J connectivity index is 2.89. The van der Waals surface area contributed by atoms with Gasteiger partial charge in [-0.3, -0.25) is 0 Å². The number of carbonyl (C=O) groups excluding carboxylic acids is 1. The van der Waals surface area contributed by atoms with E-state index in [4.69, 9.17) is 5.11 Å². The van der Waals surface area contributed by atoms with E-state index in [1.54, 1.807) is 6.92 Å². The largest absolute Gasteiger partial charge is 0.478 e. The first kappa shape index (κ1) is 12.9. The van der Waals surface area contributed by atoms with E-state index in [9.17, 15) is 14.0 Å². The SMILES string of the molecule is CCOC(=O)C=Cc1ccc(F)c(C(=O)O)c1. The molecule has 0 aliphatic carbocycles. The van der Waals surface area contributed by atoms with Crippen molar-refractivity contribution in [3.8, 4) is 0 Å². The van der Waals surface area contributed by atoms with Gasteiger partial charge in [-0.2, -0.15) is 0 Å². The van der Waals surface area contributed by atoms with Crippen molar-refractivity contribution in [1.82, 2.24) is 0 Å². The van der Waals surface area contributed by atoms with Crippen molar-refractivity contribution in [1.29, 1.82) is 0 Å². The number of benzene rings is 1. The molecule has 5 heteroatoms. The van der Waals surface area contributed by atoms with Gasteiger partial charge in [-0.1, -0.05) is 6.07 Å². The molecule has 90 valence electrons. The molecule has 0 bridgehead atoms. The summed E-state index contributed by atoms with van der Waals surface area (Å²) in [6, 6.07) is 3.55. The lowest BCUT2D eigenvalue weighted by atomic mass is 10.1. The highest BCUT2D eigenvalue weighted by atomic mass is 19.1. The van der Waals surface area contributed by atoms with Crippen LogP contribution in [0.3, 0.4) is 0 Å². The van der Waals surface area contributed by atoms with Gasteiger partial charge in [-0.15, -0.1) is 0 Å². The van der Waals surface area contributed by atoms with Crippen molar-refractivity contribution in [3.63, 3.8) is 0 Å². The van der Waals surface area contributed by atoms with Gasteiger partial charge in [0.1, 0.15) is 5.82 Å². The molecule has 0 aliphatic heterocycles. The standard InChI is InChI=1S/C12H11FO4/c1-2-17-11(14)6-4-8-3-5-10(13)9(7-8)12(15)16/h3-7H,2H2,1H3,(H,15,16). The van der Waals surface area contributed by atoms with E-state index in [-0.39, 0.29) is 6.61 Å². The molecule has 0 heterocycles. The van der Waals surface area contributed by atoms with E-state index in [0.717, 1.165) is 18.2 Å². The second kappa shape index (κ2) is 5.79. The minimum atomic E-state index is -1.35. The predicted molar refractivity (Wildman–Crippen MR) is 59.0 cm³/mol. The van der Waals surface area contributed by atoms with Crippen LogP contribution in [0.5, 0.6) is 0 Å².